The zero-order valence-corrected chi connectivity index (χ0v) is 10.9. The fraction of sp³-hybridized carbons (Fsp3) is 0.571. The topological polar surface area (TPSA) is 26.0 Å². The van der Waals surface area contributed by atoms with Gasteiger partial charge in [-0.15, -0.1) is 0 Å². The molecule has 1 saturated carbocycles. The first-order chi connectivity index (χ1) is 8.29. The average molecular weight is 253 g/mol. The lowest BCUT2D eigenvalue weighted by Crippen LogP contribution is -2.09. The Labute approximate surface area is 107 Å². The molecule has 0 aliphatic heterocycles. The molecule has 0 amide bonds. The number of halogens is 1. The fourth-order valence-corrected chi connectivity index (χ4v) is 3.72. The average Bonchev–Trinajstić information content (AvgIpc) is 2.38. The zero-order valence-electron chi connectivity index (χ0n) is 10.1. The predicted octanol–water partition coefficient (Wildman–Crippen LogP) is 3.85. The van der Waals surface area contributed by atoms with Crippen LogP contribution in [0.1, 0.15) is 43.2 Å². The second-order valence-corrected chi connectivity index (χ2v) is 5.98. The van der Waals surface area contributed by atoms with Crippen LogP contribution in [0, 0.1) is 5.82 Å². The van der Waals surface area contributed by atoms with E-state index in [1.807, 2.05) is 17.8 Å². The van der Waals surface area contributed by atoms with Crippen molar-refractivity contribution in [3.05, 3.63) is 35.1 Å². The molecule has 17 heavy (non-hydrogen) atoms. The predicted molar refractivity (Wildman–Crippen MR) is 72.5 cm³/mol. The summed E-state index contributed by atoms with van der Waals surface area (Å²) in [7, 11) is 0. The molecule has 0 aromatic heterocycles. The summed E-state index contributed by atoms with van der Waals surface area (Å²) in [6.45, 7) is 0.501. The van der Waals surface area contributed by atoms with Crippen molar-refractivity contribution in [1.29, 1.82) is 0 Å². The molecule has 1 fully saturated rings. The van der Waals surface area contributed by atoms with Crippen LogP contribution in [-0.4, -0.2) is 5.25 Å². The van der Waals surface area contributed by atoms with Crippen LogP contribution in [-0.2, 0) is 12.3 Å². The number of benzene rings is 1. The van der Waals surface area contributed by atoms with E-state index < -0.39 is 0 Å². The van der Waals surface area contributed by atoms with Gasteiger partial charge < -0.3 is 5.73 Å². The summed E-state index contributed by atoms with van der Waals surface area (Å²) in [5.74, 6) is 0.746. The highest BCUT2D eigenvalue weighted by atomic mass is 32.2. The van der Waals surface area contributed by atoms with Crippen LogP contribution in [0.4, 0.5) is 4.39 Å². The van der Waals surface area contributed by atoms with E-state index >= 15 is 0 Å². The van der Waals surface area contributed by atoms with Gasteiger partial charge in [-0.05, 0) is 36.1 Å². The van der Waals surface area contributed by atoms with Crippen LogP contribution in [0.5, 0.6) is 0 Å². The lowest BCUT2D eigenvalue weighted by molar-refractivity contribution is 0.516. The van der Waals surface area contributed by atoms with Gasteiger partial charge in [-0.25, -0.2) is 4.39 Å². The highest BCUT2D eigenvalue weighted by Crippen LogP contribution is 2.31. The monoisotopic (exact) mass is 253 g/mol. The van der Waals surface area contributed by atoms with Gasteiger partial charge in [0.1, 0.15) is 5.82 Å². The molecule has 1 nitrogen and oxygen atoms in total. The molecule has 1 aromatic rings. The molecule has 0 saturated heterocycles. The third kappa shape index (κ3) is 3.71. The summed E-state index contributed by atoms with van der Waals surface area (Å²) in [6.07, 6.45) is 6.72. The van der Waals surface area contributed by atoms with Crippen LogP contribution < -0.4 is 5.73 Å². The van der Waals surface area contributed by atoms with Gasteiger partial charge in [0.15, 0.2) is 0 Å². The maximum Gasteiger partial charge on any atom is 0.123 e. The van der Waals surface area contributed by atoms with Gasteiger partial charge in [-0.3, -0.25) is 0 Å². The zero-order chi connectivity index (χ0) is 12.1. The Morgan fingerprint density at radius 2 is 1.94 bits per heavy atom. The van der Waals surface area contributed by atoms with Crippen molar-refractivity contribution in [3.63, 3.8) is 0 Å². The number of hydrogen-bond acceptors (Lipinski definition) is 2. The minimum atomic E-state index is -0.151. The number of hydrogen-bond donors (Lipinski definition) is 1. The molecule has 0 unspecified atom stereocenters. The lowest BCUT2D eigenvalue weighted by atomic mass is 10.0. The highest BCUT2D eigenvalue weighted by Gasteiger charge is 2.14. The molecule has 3 heteroatoms. The van der Waals surface area contributed by atoms with Gasteiger partial charge in [-0.2, -0.15) is 11.8 Å². The molecule has 1 aromatic carbocycles. The maximum absolute atomic E-state index is 13.2. The van der Waals surface area contributed by atoms with Crippen molar-refractivity contribution >= 4 is 11.8 Å². The summed E-state index contributed by atoms with van der Waals surface area (Å²) in [5.41, 5.74) is 7.83. The summed E-state index contributed by atoms with van der Waals surface area (Å²) in [6, 6.07) is 4.95. The van der Waals surface area contributed by atoms with E-state index in [2.05, 4.69) is 0 Å². The van der Waals surface area contributed by atoms with E-state index in [-0.39, 0.29) is 5.82 Å². The SMILES string of the molecule is NCc1ccc(F)cc1CSC1CCCCC1. The van der Waals surface area contributed by atoms with Crippen molar-refractivity contribution in [1.82, 2.24) is 0 Å². The molecular formula is C14H20FNS. The first kappa shape index (κ1) is 12.9. The maximum atomic E-state index is 13.2. The van der Waals surface area contributed by atoms with Crippen LogP contribution in [0.15, 0.2) is 18.2 Å². The second-order valence-electron chi connectivity index (χ2n) is 4.69. The van der Waals surface area contributed by atoms with E-state index in [4.69, 9.17) is 5.73 Å². The third-order valence-corrected chi connectivity index (χ3v) is 4.84. The smallest absolute Gasteiger partial charge is 0.123 e. The Morgan fingerprint density at radius 3 is 2.65 bits per heavy atom. The van der Waals surface area contributed by atoms with Crippen molar-refractivity contribution in [2.24, 2.45) is 5.73 Å². The van der Waals surface area contributed by atoms with Gasteiger partial charge in [0, 0.05) is 17.5 Å². The summed E-state index contributed by atoms with van der Waals surface area (Å²) < 4.78 is 13.2. The van der Waals surface area contributed by atoms with Gasteiger partial charge in [0.2, 0.25) is 0 Å². The van der Waals surface area contributed by atoms with E-state index in [0.29, 0.717) is 6.54 Å². The summed E-state index contributed by atoms with van der Waals surface area (Å²) >= 11 is 1.97. The standard InChI is InChI=1S/C14H20FNS/c15-13-7-6-11(9-16)12(8-13)10-17-14-4-2-1-3-5-14/h6-8,14H,1-5,9-10,16H2. The first-order valence-corrected chi connectivity index (χ1v) is 7.43. The van der Waals surface area contributed by atoms with Crippen LogP contribution in [0.25, 0.3) is 0 Å². The Balaban J connectivity index is 1.95. The number of nitrogens with two attached hydrogens (primary N) is 1. The number of thioether (sulfide) groups is 1. The third-order valence-electron chi connectivity index (χ3n) is 3.41. The van der Waals surface area contributed by atoms with Crippen LogP contribution in [0.3, 0.4) is 0 Å². The summed E-state index contributed by atoms with van der Waals surface area (Å²) in [5, 5.41) is 0.762. The highest BCUT2D eigenvalue weighted by molar-refractivity contribution is 7.99. The van der Waals surface area contributed by atoms with Gasteiger partial charge in [0.25, 0.3) is 0 Å². The molecule has 0 atom stereocenters. The fourth-order valence-electron chi connectivity index (χ4n) is 2.37. The Morgan fingerprint density at radius 1 is 1.18 bits per heavy atom. The van der Waals surface area contributed by atoms with Crippen LogP contribution >= 0.6 is 11.8 Å². The van der Waals surface area contributed by atoms with E-state index in [1.54, 1.807) is 6.07 Å². The van der Waals surface area contributed by atoms with Crippen molar-refractivity contribution in [2.45, 2.75) is 49.7 Å². The van der Waals surface area contributed by atoms with Crippen molar-refractivity contribution in [3.8, 4) is 0 Å². The summed E-state index contributed by atoms with van der Waals surface area (Å²) in [4.78, 5) is 0. The largest absolute Gasteiger partial charge is 0.326 e. The van der Waals surface area contributed by atoms with E-state index in [9.17, 15) is 4.39 Å². The van der Waals surface area contributed by atoms with E-state index in [0.717, 1.165) is 22.1 Å². The normalized spacial score (nSPS) is 17.3. The molecule has 2 rings (SSSR count). The molecule has 1 aliphatic rings. The minimum Gasteiger partial charge on any atom is -0.326 e. The van der Waals surface area contributed by atoms with Crippen molar-refractivity contribution < 1.29 is 4.39 Å². The van der Waals surface area contributed by atoms with Crippen molar-refractivity contribution in [2.75, 3.05) is 0 Å². The molecule has 0 bridgehead atoms. The molecule has 1 aliphatic carbocycles. The quantitative estimate of drug-likeness (QED) is 0.882. The molecule has 0 radical (unpaired) electrons. The molecular weight excluding hydrogens is 233 g/mol. The van der Waals surface area contributed by atoms with Crippen LogP contribution in [0.2, 0.25) is 0 Å². The van der Waals surface area contributed by atoms with Gasteiger partial charge in [-0.1, -0.05) is 25.3 Å². The minimum absolute atomic E-state index is 0.151. The van der Waals surface area contributed by atoms with E-state index in [1.165, 1.54) is 38.2 Å². The van der Waals surface area contributed by atoms with Gasteiger partial charge in [0.05, 0.1) is 0 Å². The first-order valence-electron chi connectivity index (χ1n) is 6.38. The Bertz CT molecular complexity index is 361. The second kappa shape index (κ2) is 6.41. The number of rotatable bonds is 4. The Kier molecular flexibility index (Phi) is 4.86. The van der Waals surface area contributed by atoms with Gasteiger partial charge >= 0.3 is 0 Å². The molecule has 0 spiro atoms. The molecule has 2 N–H and O–H groups in total. The Hall–Kier alpha value is -0.540. The molecule has 94 valence electrons. The molecule has 0 heterocycles. The lowest BCUT2D eigenvalue weighted by Gasteiger charge is -2.21.